The first-order valence-electron chi connectivity index (χ1n) is 6.95. The quantitative estimate of drug-likeness (QED) is 0.801. The first-order valence-corrected chi connectivity index (χ1v) is 6.95. The standard InChI is InChI=1S/C15H21FN2/c1-9(13-7-10-2-3-11(13)6-10)18-15-8-12(16)4-5-14(15)17/h4-5,8-11,13,18H,2-3,6-7,17H2,1H3. The van der Waals surface area contributed by atoms with Crippen molar-refractivity contribution in [2.24, 2.45) is 17.8 Å². The number of nitrogen functional groups attached to an aromatic ring is 1. The molecular formula is C15H21FN2. The molecule has 3 rings (SSSR count). The zero-order valence-corrected chi connectivity index (χ0v) is 10.8. The van der Waals surface area contributed by atoms with E-state index in [9.17, 15) is 4.39 Å². The molecule has 2 aliphatic carbocycles. The van der Waals surface area contributed by atoms with Gasteiger partial charge in [0.1, 0.15) is 5.82 Å². The minimum Gasteiger partial charge on any atom is -0.397 e. The maximum Gasteiger partial charge on any atom is 0.125 e. The second-order valence-electron chi connectivity index (χ2n) is 6.00. The lowest BCUT2D eigenvalue weighted by Gasteiger charge is -2.29. The molecule has 2 aliphatic rings. The van der Waals surface area contributed by atoms with E-state index in [4.69, 9.17) is 5.73 Å². The van der Waals surface area contributed by atoms with Gasteiger partial charge in [-0.25, -0.2) is 4.39 Å². The summed E-state index contributed by atoms with van der Waals surface area (Å²) in [4.78, 5) is 0. The van der Waals surface area contributed by atoms with E-state index in [-0.39, 0.29) is 5.82 Å². The van der Waals surface area contributed by atoms with Gasteiger partial charge in [0.2, 0.25) is 0 Å². The van der Waals surface area contributed by atoms with E-state index >= 15 is 0 Å². The van der Waals surface area contributed by atoms with Crippen molar-refractivity contribution in [3.05, 3.63) is 24.0 Å². The van der Waals surface area contributed by atoms with E-state index in [1.807, 2.05) is 0 Å². The Morgan fingerprint density at radius 1 is 1.33 bits per heavy atom. The Morgan fingerprint density at radius 3 is 2.83 bits per heavy atom. The molecule has 3 heteroatoms. The molecule has 0 heterocycles. The van der Waals surface area contributed by atoms with Crippen LogP contribution in [0.3, 0.4) is 0 Å². The van der Waals surface area contributed by atoms with Gasteiger partial charge in [-0.15, -0.1) is 0 Å². The molecule has 1 aromatic rings. The second-order valence-corrected chi connectivity index (χ2v) is 6.00. The Kier molecular flexibility index (Phi) is 2.92. The maximum absolute atomic E-state index is 13.2. The number of nitrogens with one attached hydrogen (secondary N) is 1. The number of rotatable bonds is 3. The molecule has 0 saturated heterocycles. The number of fused-ring (bicyclic) bond motifs is 2. The van der Waals surface area contributed by atoms with E-state index in [0.717, 1.165) is 23.4 Å². The zero-order chi connectivity index (χ0) is 12.7. The smallest absolute Gasteiger partial charge is 0.125 e. The molecule has 2 saturated carbocycles. The van der Waals surface area contributed by atoms with E-state index in [1.165, 1.54) is 37.8 Å². The van der Waals surface area contributed by atoms with Crippen LogP contribution in [0.25, 0.3) is 0 Å². The third-order valence-corrected chi connectivity index (χ3v) is 4.83. The lowest BCUT2D eigenvalue weighted by molar-refractivity contribution is 0.304. The van der Waals surface area contributed by atoms with Gasteiger partial charge in [-0.1, -0.05) is 6.42 Å². The first-order chi connectivity index (χ1) is 8.63. The normalized spacial score (nSPS) is 31.6. The average Bonchev–Trinajstić information content (AvgIpc) is 2.96. The van der Waals surface area contributed by atoms with Crippen LogP contribution >= 0.6 is 0 Å². The predicted octanol–water partition coefficient (Wildman–Crippen LogP) is 3.64. The first kappa shape index (κ1) is 11.8. The molecule has 98 valence electrons. The summed E-state index contributed by atoms with van der Waals surface area (Å²) in [7, 11) is 0. The number of nitrogens with two attached hydrogens (primary N) is 1. The summed E-state index contributed by atoms with van der Waals surface area (Å²) in [5, 5.41) is 3.41. The van der Waals surface area contributed by atoms with Gasteiger partial charge in [0.15, 0.2) is 0 Å². The van der Waals surface area contributed by atoms with Gasteiger partial charge in [-0.2, -0.15) is 0 Å². The van der Waals surface area contributed by atoms with Crippen molar-refractivity contribution >= 4 is 11.4 Å². The summed E-state index contributed by atoms with van der Waals surface area (Å²) in [6, 6.07) is 4.91. The molecule has 4 unspecified atom stereocenters. The van der Waals surface area contributed by atoms with Crippen LogP contribution < -0.4 is 11.1 Å². The molecular weight excluding hydrogens is 227 g/mol. The minimum absolute atomic E-state index is 0.230. The van der Waals surface area contributed by atoms with Crippen LogP contribution in [0, 0.1) is 23.6 Å². The van der Waals surface area contributed by atoms with Gasteiger partial charge in [0.25, 0.3) is 0 Å². The van der Waals surface area contributed by atoms with E-state index in [0.29, 0.717) is 11.7 Å². The van der Waals surface area contributed by atoms with Gasteiger partial charge in [0.05, 0.1) is 11.4 Å². The molecule has 18 heavy (non-hydrogen) atoms. The van der Waals surface area contributed by atoms with E-state index in [2.05, 4.69) is 12.2 Å². The third-order valence-electron chi connectivity index (χ3n) is 4.83. The van der Waals surface area contributed by atoms with Crippen molar-refractivity contribution in [3.63, 3.8) is 0 Å². The zero-order valence-electron chi connectivity index (χ0n) is 10.8. The van der Waals surface area contributed by atoms with Crippen LogP contribution in [-0.4, -0.2) is 6.04 Å². The van der Waals surface area contributed by atoms with Gasteiger partial charge in [-0.05, 0) is 62.1 Å². The highest BCUT2D eigenvalue weighted by Crippen LogP contribution is 2.49. The molecule has 0 spiro atoms. The number of hydrogen-bond donors (Lipinski definition) is 2. The van der Waals surface area contributed by atoms with Crippen LogP contribution in [-0.2, 0) is 0 Å². The third kappa shape index (κ3) is 2.06. The summed E-state index contributed by atoms with van der Waals surface area (Å²) in [5.41, 5.74) is 7.26. The summed E-state index contributed by atoms with van der Waals surface area (Å²) >= 11 is 0. The van der Waals surface area contributed by atoms with Crippen LogP contribution in [0.1, 0.15) is 32.6 Å². The Hall–Kier alpha value is -1.25. The topological polar surface area (TPSA) is 38.0 Å². The SMILES string of the molecule is CC(Nc1cc(F)ccc1N)C1CC2CCC1C2. The van der Waals surface area contributed by atoms with Gasteiger partial charge < -0.3 is 11.1 Å². The highest BCUT2D eigenvalue weighted by atomic mass is 19.1. The molecule has 0 aromatic heterocycles. The van der Waals surface area contributed by atoms with Crippen molar-refractivity contribution in [3.8, 4) is 0 Å². The number of halogens is 1. The molecule has 0 aliphatic heterocycles. The molecule has 2 bridgehead atoms. The van der Waals surface area contributed by atoms with Gasteiger partial charge in [0, 0.05) is 6.04 Å². The summed E-state index contributed by atoms with van der Waals surface area (Å²) in [6.07, 6.45) is 5.51. The number of anilines is 2. The van der Waals surface area contributed by atoms with Crippen molar-refractivity contribution in [1.29, 1.82) is 0 Å². The Morgan fingerprint density at radius 2 is 2.17 bits per heavy atom. The average molecular weight is 248 g/mol. The molecule has 0 radical (unpaired) electrons. The number of hydrogen-bond acceptors (Lipinski definition) is 2. The monoisotopic (exact) mass is 248 g/mol. The largest absolute Gasteiger partial charge is 0.397 e. The molecule has 1 aromatic carbocycles. The molecule has 0 amide bonds. The van der Waals surface area contributed by atoms with E-state index < -0.39 is 0 Å². The lowest BCUT2D eigenvalue weighted by Crippen LogP contribution is -2.30. The van der Waals surface area contributed by atoms with Gasteiger partial charge >= 0.3 is 0 Å². The highest BCUT2D eigenvalue weighted by molar-refractivity contribution is 5.66. The molecule has 2 fully saturated rings. The van der Waals surface area contributed by atoms with Crippen LogP contribution in [0.5, 0.6) is 0 Å². The fourth-order valence-corrected chi connectivity index (χ4v) is 3.91. The van der Waals surface area contributed by atoms with Gasteiger partial charge in [-0.3, -0.25) is 0 Å². The van der Waals surface area contributed by atoms with Crippen molar-refractivity contribution in [2.75, 3.05) is 11.1 Å². The fraction of sp³-hybridized carbons (Fsp3) is 0.600. The Balaban J connectivity index is 1.70. The molecule has 4 atom stereocenters. The summed E-state index contributed by atoms with van der Waals surface area (Å²) < 4.78 is 13.2. The fourth-order valence-electron chi connectivity index (χ4n) is 3.91. The summed E-state index contributed by atoms with van der Waals surface area (Å²) in [6.45, 7) is 2.20. The van der Waals surface area contributed by atoms with Crippen LogP contribution in [0.15, 0.2) is 18.2 Å². The number of benzene rings is 1. The minimum atomic E-state index is -0.230. The van der Waals surface area contributed by atoms with Crippen molar-refractivity contribution < 1.29 is 4.39 Å². The molecule has 2 nitrogen and oxygen atoms in total. The maximum atomic E-state index is 13.2. The lowest BCUT2D eigenvalue weighted by atomic mass is 9.84. The van der Waals surface area contributed by atoms with Crippen LogP contribution in [0.2, 0.25) is 0 Å². The van der Waals surface area contributed by atoms with E-state index in [1.54, 1.807) is 6.07 Å². The second kappa shape index (κ2) is 4.45. The Bertz CT molecular complexity index is 446. The summed E-state index contributed by atoms with van der Waals surface area (Å²) in [5.74, 6) is 2.31. The molecule has 3 N–H and O–H groups in total. The highest BCUT2D eigenvalue weighted by Gasteiger charge is 2.41. The van der Waals surface area contributed by atoms with Crippen molar-refractivity contribution in [2.45, 2.75) is 38.6 Å². The van der Waals surface area contributed by atoms with Crippen LogP contribution in [0.4, 0.5) is 15.8 Å². The Labute approximate surface area is 108 Å². The van der Waals surface area contributed by atoms with Crippen molar-refractivity contribution in [1.82, 2.24) is 0 Å². The predicted molar refractivity (Wildman–Crippen MR) is 72.8 cm³/mol.